The van der Waals surface area contributed by atoms with Crippen molar-refractivity contribution < 1.29 is 14.7 Å². The van der Waals surface area contributed by atoms with Crippen molar-refractivity contribution in [2.45, 2.75) is 37.3 Å². The molecule has 2 aromatic rings. The molecule has 2 aromatic carbocycles. The number of nitrogens with one attached hydrogen (secondary N) is 1. The van der Waals surface area contributed by atoms with Crippen molar-refractivity contribution in [3.05, 3.63) is 71.3 Å². The molecule has 3 aliphatic rings. The number of amides is 2. The number of aliphatic hydroxyl groups excluding tert-OH is 1. The van der Waals surface area contributed by atoms with Gasteiger partial charge in [0.15, 0.2) is 0 Å². The Morgan fingerprint density at radius 3 is 2.57 bits per heavy atom. The third-order valence-corrected chi connectivity index (χ3v) is 7.05. The SMILES string of the molecule is C[C@]12C[C@@]3(C(=O)NCC3c3ccccc3)C(=O)N1[C@H](CO)Cc1ccccc12. The zero-order valence-corrected chi connectivity index (χ0v) is 15.9. The third-order valence-electron chi connectivity index (χ3n) is 7.05. The summed E-state index contributed by atoms with van der Waals surface area (Å²) in [5, 5.41) is 13.0. The summed E-state index contributed by atoms with van der Waals surface area (Å²) in [6.45, 7) is 2.40. The molecule has 5 rings (SSSR count). The van der Waals surface area contributed by atoms with Crippen LogP contribution in [0.1, 0.15) is 36.0 Å². The van der Waals surface area contributed by atoms with E-state index in [1.807, 2.05) is 54.3 Å². The Bertz CT molecular complexity index is 959. The number of benzene rings is 2. The zero-order valence-electron chi connectivity index (χ0n) is 15.9. The van der Waals surface area contributed by atoms with Crippen LogP contribution in [-0.4, -0.2) is 41.0 Å². The van der Waals surface area contributed by atoms with Crippen molar-refractivity contribution in [1.29, 1.82) is 0 Å². The second-order valence-electron chi connectivity index (χ2n) is 8.47. The predicted octanol–water partition coefficient (Wildman–Crippen LogP) is 1.95. The first-order chi connectivity index (χ1) is 13.5. The minimum atomic E-state index is -1.12. The molecule has 0 saturated carbocycles. The number of hydrogen-bond donors (Lipinski definition) is 2. The number of carbonyl (C=O) groups excluding carboxylic acids is 2. The summed E-state index contributed by atoms with van der Waals surface area (Å²) in [5.41, 5.74) is 1.53. The molecule has 5 heteroatoms. The average Bonchev–Trinajstić information content (AvgIpc) is 3.17. The summed E-state index contributed by atoms with van der Waals surface area (Å²) in [6.07, 6.45) is 1.04. The first-order valence-corrected chi connectivity index (χ1v) is 9.88. The Labute approximate surface area is 164 Å². The fourth-order valence-corrected chi connectivity index (χ4v) is 5.87. The number of nitrogens with zero attached hydrogens (tertiary/aromatic N) is 1. The molecule has 3 heterocycles. The second kappa shape index (κ2) is 5.92. The first-order valence-electron chi connectivity index (χ1n) is 9.88. The highest BCUT2D eigenvalue weighted by Crippen LogP contribution is 2.59. The van der Waals surface area contributed by atoms with Crippen molar-refractivity contribution in [2.75, 3.05) is 13.2 Å². The van der Waals surface area contributed by atoms with E-state index in [2.05, 4.69) is 17.4 Å². The number of carbonyl (C=O) groups is 2. The molecular weight excluding hydrogens is 352 g/mol. The van der Waals surface area contributed by atoms with Gasteiger partial charge in [-0.2, -0.15) is 0 Å². The van der Waals surface area contributed by atoms with Crippen molar-refractivity contribution in [3.63, 3.8) is 0 Å². The van der Waals surface area contributed by atoms with Crippen LogP contribution >= 0.6 is 0 Å². The minimum absolute atomic E-state index is 0.108. The van der Waals surface area contributed by atoms with Gasteiger partial charge in [-0.3, -0.25) is 9.59 Å². The normalized spacial score (nSPS) is 33.7. The Morgan fingerprint density at radius 1 is 1.11 bits per heavy atom. The van der Waals surface area contributed by atoms with E-state index in [9.17, 15) is 14.7 Å². The minimum Gasteiger partial charge on any atom is -0.394 e. The number of hydrogen-bond acceptors (Lipinski definition) is 3. The van der Waals surface area contributed by atoms with Gasteiger partial charge >= 0.3 is 0 Å². The molecule has 0 radical (unpaired) electrons. The van der Waals surface area contributed by atoms with E-state index < -0.39 is 11.0 Å². The fraction of sp³-hybridized carbons (Fsp3) is 0.391. The molecule has 2 N–H and O–H groups in total. The Kier molecular flexibility index (Phi) is 3.68. The number of fused-ring (bicyclic) bond motifs is 3. The number of aliphatic hydroxyl groups is 1. The quantitative estimate of drug-likeness (QED) is 0.787. The summed E-state index contributed by atoms with van der Waals surface area (Å²) in [6, 6.07) is 17.6. The summed E-state index contributed by atoms with van der Waals surface area (Å²) in [7, 11) is 0. The topological polar surface area (TPSA) is 69.6 Å². The van der Waals surface area contributed by atoms with Gasteiger partial charge in [0.2, 0.25) is 11.8 Å². The van der Waals surface area contributed by atoms with E-state index in [0.29, 0.717) is 19.4 Å². The molecule has 144 valence electrons. The lowest BCUT2D eigenvalue weighted by molar-refractivity contribution is -0.147. The molecule has 2 fully saturated rings. The van der Waals surface area contributed by atoms with E-state index in [1.54, 1.807) is 0 Å². The van der Waals surface area contributed by atoms with Crippen molar-refractivity contribution in [2.24, 2.45) is 5.41 Å². The smallest absolute Gasteiger partial charge is 0.240 e. The van der Waals surface area contributed by atoms with Crippen molar-refractivity contribution in [3.8, 4) is 0 Å². The van der Waals surface area contributed by atoms with E-state index in [0.717, 1.165) is 16.7 Å². The largest absolute Gasteiger partial charge is 0.394 e. The van der Waals surface area contributed by atoms with Crippen LogP contribution in [0.2, 0.25) is 0 Å². The monoisotopic (exact) mass is 376 g/mol. The first kappa shape index (κ1) is 17.4. The molecule has 28 heavy (non-hydrogen) atoms. The Hall–Kier alpha value is -2.66. The highest BCUT2D eigenvalue weighted by Gasteiger charge is 2.69. The molecule has 0 aliphatic carbocycles. The molecular formula is C23H24N2O3. The summed E-state index contributed by atoms with van der Waals surface area (Å²) >= 11 is 0. The van der Waals surface area contributed by atoms with Crippen LogP contribution in [0.5, 0.6) is 0 Å². The van der Waals surface area contributed by atoms with Gasteiger partial charge in [0.25, 0.3) is 0 Å². The second-order valence-corrected chi connectivity index (χ2v) is 8.47. The molecule has 2 amide bonds. The van der Waals surface area contributed by atoms with Gasteiger partial charge < -0.3 is 15.3 Å². The molecule has 0 aromatic heterocycles. The van der Waals surface area contributed by atoms with E-state index in [4.69, 9.17) is 0 Å². The van der Waals surface area contributed by atoms with Crippen molar-refractivity contribution in [1.82, 2.24) is 10.2 Å². The van der Waals surface area contributed by atoms with Crippen LogP contribution < -0.4 is 5.32 Å². The van der Waals surface area contributed by atoms with Gasteiger partial charge in [0, 0.05) is 12.5 Å². The summed E-state index contributed by atoms with van der Waals surface area (Å²) in [4.78, 5) is 28.9. The summed E-state index contributed by atoms with van der Waals surface area (Å²) < 4.78 is 0. The lowest BCUT2D eigenvalue weighted by atomic mass is 9.68. The van der Waals surface area contributed by atoms with Crippen LogP contribution in [0.25, 0.3) is 0 Å². The van der Waals surface area contributed by atoms with Gasteiger partial charge in [0.05, 0.1) is 18.2 Å². The van der Waals surface area contributed by atoms with Crippen LogP contribution in [0.3, 0.4) is 0 Å². The molecule has 1 unspecified atom stereocenters. The highest BCUT2D eigenvalue weighted by molar-refractivity contribution is 6.10. The molecule has 3 aliphatic heterocycles. The Morgan fingerprint density at radius 2 is 1.82 bits per heavy atom. The molecule has 4 atom stereocenters. The van der Waals surface area contributed by atoms with Gasteiger partial charge in [-0.1, -0.05) is 54.6 Å². The molecule has 1 spiro atoms. The van der Waals surface area contributed by atoms with Crippen LogP contribution in [0, 0.1) is 5.41 Å². The van der Waals surface area contributed by atoms with E-state index >= 15 is 0 Å². The predicted molar refractivity (Wildman–Crippen MR) is 104 cm³/mol. The fourth-order valence-electron chi connectivity index (χ4n) is 5.87. The van der Waals surface area contributed by atoms with Gasteiger partial charge in [-0.05, 0) is 36.5 Å². The van der Waals surface area contributed by atoms with Crippen LogP contribution in [0.4, 0.5) is 0 Å². The molecule has 0 bridgehead atoms. The van der Waals surface area contributed by atoms with Gasteiger partial charge in [-0.25, -0.2) is 0 Å². The maximum absolute atomic E-state index is 13.9. The van der Waals surface area contributed by atoms with Gasteiger partial charge in [0.1, 0.15) is 5.41 Å². The Balaban J connectivity index is 1.70. The number of rotatable bonds is 2. The lowest BCUT2D eigenvalue weighted by Gasteiger charge is -2.45. The van der Waals surface area contributed by atoms with Crippen molar-refractivity contribution >= 4 is 11.8 Å². The van der Waals surface area contributed by atoms with Crippen LogP contribution in [0.15, 0.2) is 54.6 Å². The van der Waals surface area contributed by atoms with Crippen LogP contribution in [-0.2, 0) is 21.5 Å². The molecule has 5 nitrogen and oxygen atoms in total. The average molecular weight is 376 g/mol. The third kappa shape index (κ3) is 2.05. The summed E-state index contributed by atoms with van der Waals surface area (Å²) in [5.74, 6) is -0.536. The molecule has 2 saturated heterocycles. The maximum atomic E-state index is 13.9. The van der Waals surface area contributed by atoms with Gasteiger partial charge in [-0.15, -0.1) is 0 Å². The van der Waals surface area contributed by atoms with E-state index in [1.165, 1.54) is 0 Å². The lowest BCUT2D eigenvalue weighted by Crippen LogP contribution is -2.54. The zero-order chi connectivity index (χ0) is 19.5. The highest BCUT2D eigenvalue weighted by atomic mass is 16.3. The standard InChI is InChI=1S/C23H24N2O3/c1-22-14-23(19(12-24-20(23)27)15-7-3-2-4-8-15)21(28)25(22)17(13-26)11-16-9-5-6-10-18(16)22/h2-10,17,19,26H,11-14H2,1H3,(H,24,27)/t17-,19?,22+,23+/m0/s1. The van der Waals surface area contributed by atoms with E-state index in [-0.39, 0.29) is 30.4 Å². The maximum Gasteiger partial charge on any atom is 0.240 e.